The van der Waals surface area contributed by atoms with Crippen LogP contribution in [0.1, 0.15) is 46.1 Å². The summed E-state index contributed by atoms with van der Waals surface area (Å²) in [5.41, 5.74) is 11.4. The average molecular weight is 407 g/mol. The molecule has 3 aromatic rings. The van der Waals surface area contributed by atoms with Gasteiger partial charge in [0.05, 0.1) is 23.5 Å². The largest absolute Gasteiger partial charge is 0.494 e. The molecule has 1 fully saturated rings. The van der Waals surface area contributed by atoms with Crippen molar-refractivity contribution in [3.63, 3.8) is 0 Å². The van der Waals surface area contributed by atoms with Crippen LogP contribution in [0.4, 0.5) is 16.2 Å². The van der Waals surface area contributed by atoms with Gasteiger partial charge in [-0.25, -0.2) is 4.79 Å². The van der Waals surface area contributed by atoms with Crippen molar-refractivity contribution < 1.29 is 9.53 Å². The van der Waals surface area contributed by atoms with E-state index in [0.717, 1.165) is 52.1 Å². The van der Waals surface area contributed by atoms with Gasteiger partial charge in [0.1, 0.15) is 5.75 Å². The van der Waals surface area contributed by atoms with E-state index in [1.165, 1.54) is 6.42 Å². The lowest BCUT2D eigenvalue weighted by Crippen LogP contribution is -2.34. The van der Waals surface area contributed by atoms with Crippen molar-refractivity contribution in [1.82, 2.24) is 9.88 Å². The molecule has 0 radical (unpaired) electrons. The van der Waals surface area contributed by atoms with Crippen molar-refractivity contribution in [2.75, 3.05) is 17.7 Å². The van der Waals surface area contributed by atoms with Crippen LogP contribution >= 0.6 is 0 Å². The molecule has 0 spiro atoms. The summed E-state index contributed by atoms with van der Waals surface area (Å²) in [5.74, 6) is 0.866. The van der Waals surface area contributed by atoms with Crippen LogP contribution in [0.15, 0.2) is 42.5 Å². The maximum absolute atomic E-state index is 12.0. The number of ether oxygens (including phenoxy) is 1. The van der Waals surface area contributed by atoms with E-state index < -0.39 is 0 Å². The Kier molecular flexibility index (Phi) is 5.57. The lowest BCUT2D eigenvalue weighted by atomic mass is 9.92. The molecule has 2 amide bonds. The zero-order chi connectivity index (χ0) is 21.3. The van der Waals surface area contributed by atoms with Crippen molar-refractivity contribution in [3.05, 3.63) is 42.5 Å². The van der Waals surface area contributed by atoms with E-state index in [1.807, 2.05) is 51.1 Å². The first-order valence-electron chi connectivity index (χ1n) is 10.7. The summed E-state index contributed by atoms with van der Waals surface area (Å²) in [6, 6.07) is 14.4. The monoisotopic (exact) mass is 406 g/mol. The predicted octanol–water partition coefficient (Wildman–Crippen LogP) is 5.54. The number of nitrogens with zero attached hydrogens (tertiary/aromatic N) is 1. The van der Waals surface area contributed by atoms with Crippen molar-refractivity contribution in [1.29, 1.82) is 0 Å². The van der Waals surface area contributed by atoms with Crippen molar-refractivity contribution in [2.45, 2.75) is 52.1 Å². The molecule has 1 aromatic heterocycles. The van der Waals surface area contributed by atoms with Crippen LogP contribution in [0.5, 0.6) is 5.75 Å². The van der Waals surface area contributed by atoms with E-state index in [4.69, 9.17) is 10.5 Å². The summed E-state index contributed by atoms with van der Waals surface area (Å²) in [4.78, 5) is 12.0. The number of carbonyl (C=O) groups excluding carboxylic acids is 1. The molecule has 2 aromatic carbocycles. The highest BCUT2D eigenvalue weighted by atomic mass is 16.5. The van der Waals surface area contributed by atoms with Gasteiger partial charge in [-0.2, -0.15) is 0 Å². The summed E-state index contributed by atoms with van der Waals surface area (Å²) >= 11 is 0. The molecule has 0 aliphatic heterocycles. The fourth-order valence-electron chi connectivity index (χ4n) is 4.03. The second kappa shape index (κ2) is 8.30. The standard InChI is InChI=1S/C24H30N4O2/c1-4-30-19-12-13-20-21(14-19)28(18-6-5-7-18)23(22(20)25)16-8-10-17(11-9-16)27-24(29)26-15(2)3/h8-15,18H,4-7,25H2,1-3H3,(H2,26,27,29). The quantitative estimate of drug-likeness (QED) is 0.502. The first kappa shape index (κ1) is 20.1. The topological polar surface area (TPSA) is 81.3 Å². The predicted molar refractivity (Wildman–Crippen MR) is 123 cm³/mol. The van der Waals surface area contributed by atoms with Crippen LogP contribution in [-0.2, 0) is 0 Å². The number of benzene rings is 2. The molecule has 0 unspecified atom stereocenters. The number of hydrogen-bond donors (Lipinski definition) is 3. The Labute approximate surface area is 177 Å². The Morgan fingerprint density at radius 3 is 2.53 bits per heavy atom. The average Bonchev–Trinajstić information content (AvgIpc) is 2.93. The third kappa shape index (κ3) is 3.82. The molecular formula is C24H30N4O2. The number of anilines is 2. The number of hydrogen-bond acceptors (Lipinski definition) is 3. The van der Waals surface area contributed by atoms with E-state index in [9.17, 15) is 4.79 Å². The first-order valence-corrected chi connectivity index (χ1v) is 10.7. The maximum atomic E-state index is 12.0. The van der Waals surface area contributed by atoms with Crippen molar-refractivity contribution >= 4 is 28.3 Å². The molecule has 4 N–H and O–H groups in total. The summed E-state index contributed by atoms with van der Waals surface area (Å²) in [7, 11) is 0. The molecular weight excluding hydrogens is 376 g/mol. The maximum Gasteiger partial charge on any atom is 0.319 e. The minimum Gasteiger partial charge on any atom is -0.494 e. The van der Waals surface area contributed by atoms with E-state index in [0.29, 0.717) is 12.6 Å². The molecule has 0 saturated heterocycles. The summed E-state index contributed by atoms with van der Waals surface area (Å²) in [6.45, 7) is 6.49. The number of urea groups is 1. The second-order valence-corrected chi connectivity index (χ2v) is 8.16. The molecule has 158 valence electrons. The van der Waals surface area contributed by atoms with Crippen LogP contribution in [-0.4, -0.2) is 23.2 Å². The summed E-state index contributed by atoms with van der Waals surface area (Å²) < 4.78 is 8.11. The highest BCUT2D eigenvalue weighted by Crippen LogP contribution is 2.44. The number of nitrogens with one attached hydrogen (secondary N) is 2. The van der Waals surface area contributed by atoms with Crippen LogP contribution in [0.2, 0.25) is 0 Å². The Hall–Kier alpha value is -3.15. The van der Waals surface area contributed by atoms with Gasteiger partial charge in [0.2, 0.25) is 0 Å². The SMILES string of the molecule is CCOc1ccc2c(N)c(-c3ccc(NC(=O)NC(C)C)cc3)n(C3CCC3)c2c1. The lowest BCUT2D eigenvalue weighted by Gasteiger charge is -2.30. The molecule has 1 saturated carbocycles. The molecule has 6 nitrogen and oxygen atoms in total. The third-order valence-corrected chi connectivity index (χ3v) is 5.60. The van der Waals surface area contributed by atoms with E-state index in [2.05, 4.69) is 27.3 Å². The van der Waals surface area contributed by atoms with E-state index >= 15 is 0 Å². The zero-order valence-electron chi connectivity index (χ0n) is 17.9. The number of aromatic nitrogens is 1. The van der Waals surface area contributed by atoms with Crippen molar-refractivity contribution in [2.24, 2.45) is 0 Å². The number of nitrogens with two attached hydrogens (primary N) is 1. The molecule has 4 rings (SSSR count). The Morgan fingerprint density at radius 1 is 1.20 bits per heavy atom. The first-order chi connectivity index (χ1) is 14.5. The van der Waals surface area contributed by atoms with Gasteiger partial charge in [-0.15, -0.1) is 0 Å². The summed E-state index contributed by atoms with van der Waals surface area (Å²) in [6.07, 6.45) is 3.55. The van der Waals surface area contributed by atoms with E-state index in [1.54, 1.807) is 0 Å². The normalized spacial score (nSPS) is 14.0. The molecule has 6 heteroatoms. The van der Waals surface area contributed by atoms with Gasteiger partial charge in [-0.3, -0.25) is 0 Å². The van der Waals surface area contributed by atoms with Crippen LogP contribution in [0.25, 0.3) is 22.2 Å². The molecule has 30 heavy (non-hydrogen) atoms. The van der Waals surface area contributed by atoms with Gasteiger partial charge in [0.25, 0.3) is 0 Å². The van der Waals surface area contributed by atoms with Crippen LogP contribution < -0.4 is 21.1 Å². The Bertz CT molecular complexity index is 1050. The summed E-state index contributed by atoms with van der Waals surface area (Å²) in [5, 5.41) is 6.76. The minimum atomic E-state index is -0.204. The van der Waals surface area contributed by atoms with Crippen LogP contribution in [0, 0.1) is 0 Å². The Balaban J connectivity index is 1.72. The van der Waals surface area contributed by atoms with Gasteiger partial charge in [-0.1, -0.05) is 12.1 Å². The second-order valence-electron chi connectivity index (χ2n) is 8.16. The van der Waals surface area contributed by atoms with Gasteiger partial charge >= 0.3 is 6.03 Å². The minimum absolute atomic E-state index is 0.0869. The van der Waals surface area contributed by atoms with Gasteiger partial charge in [-0.05, 0) is 64.3 Å². The highest BCUT2D eigenvalue weighted by Gasteiger charge is 2.27. The van der Waals surface area contributed by atoms with Crippen LogP contribution in [0.3, 0.4) is 0 Å². The molecule has 0 atom stereocenters. The smallest absolute Gasteiger partial charge is 0.319 e. The lowest BCUT2D eigenvalue weighted by molar-refractivity contribution is 0.250. The number of fused-ring (bicyclic) bond motifs is 1. The van der Waals surface area contributed by atoms with E-state index in [-0.39, 0.29) is 12.1 Å². The fourth-order valence-corrected chi connectivity index (χ4v) is 4.03. The Morgan fingerprint density at radius 2 is 1.93 bits per heavy atom. The van der Waals surface area contributed by atoms with Gasteiger partial charge in [0, 0.05) is 34.8 Å². The molecule has 1 heterocycles. The van der Waals surface area contributed by atoms with Crippen molar-refractivity contribution in [3.8, 4) is 17.0 Å². The third-order valence-electron chi connectivity index (χ3n) is 5.60. The molecule has 1 aliphatic carbocycles. The molecule has 1 aliphatic rings. The highest BCUT2D eigenvalue weighted by molar-refractivity contribution is 6.02. The zero-order valence-corrected chi connectivity index (χ0v) is 17.9. The number of carbonyl (C=O) groups is 1. The van der Waals surface area contributed by atoms with Gasteiger partial charge in [0.15, 0.2) is 0 Å². The number of amides is 2. The number of rotatable bonds is 6. The fraction of sp³-hybridized carbons (Fsp3) is 0.375. The molecule has 0 bridgehead atoms. The number of nitrogen functional groups attached to an aromatic ring is 1. The van der Waals surface area contributed by atoms with Gasteiger partial charge < -0.3 is 25.7 Å².